The summed E-state index contributed by atoms with van der Waals surface area (Å²) < 4.78 is 32.4. The molecule has 1 aromatic heterocycles. The summed E-state index contributed by atoms with van der Waals surface area (Å²) >= 11 is 1.28. The summed E-state index contributed by atoms with van der Waals surface area (Å²) in [7, 11) is -3.55. The molecule has 2 heterocycles. The van der Waals surface area contributed by atoms with Gasteiger partial charge in [-0.15, -0.1) is 11.3 Å². The van der Waals surface area contributed by atoms with E-state index in [1.54, 1.807) is 5.38 Å². The van der Waals surface area contributed by atoms with E-state index in [0.717, 1.165) is 19.3 Å². The van der Waals surface area contributed by atoms with Gasteiger partial charge in [0.05, 0.1) is 21.8 Å². The number of rotatable bonds is 7. The molecule has 2 aromatic carbocycles. The molecule has 0 spiro atoms. The zero-order chi connectivity index (χ0) is 24.1. The molecule has 178 valence electrons. The molecule has 0 aliphatic carbocycles. The molecule has 3 aromatic rings. The number of carbonyl (C=O) groups excluding carboxylic acids is 2. The number of ether oxygens (including phenoxy) is 1. The number of aromatic nitrogens is 1. The van der Waals surface area contributed by atoms with Crippen molar-refractivity contribution in [3.63, 3.8) is 0 Å². The Kier molecular flexibility index (Phi) is 7.40. The second-order valence-electron chi connectivity index (χ2n) is 7.88. The molecule has 0 atom stereocenters. The number of para-hydroxylation sites is 1. The molecular formula is C24H25N3O5S2. The van der Waals surface area contributed by atoms with E-state index in [4.69, 9.17) is 4.74 Å². The maximum Gasteiger partial charge on any atom is 0.338 e. The number of hydrogen-bond acceptors (Lipinski definition) is 7. The Hall–Kier alpha value is -3.08. The molecule has 0 bridgehead atoms. The Labute approximate surface area is 202 Å². The monoisotopic (exact) mass is 499 g/mol. The van der Waals surface area contributed by atoms with E-state index in [2.05, 4.69) is 4.98 Å². The molecule has 1 aliphatic heterocycles. The van der Waals surface area contributed by atoms with Crippen molar-refractivity contribution in [1.82, 2.24) is 9.29 Å². The average Bonchev–Trinajstić information content (AvgIpc) is 3.32. The van der Waals surface area contributed by atoms with Crippen molar-refractivity contribution in [3.8, 4) is 0 Å². The van der Waals surface area contributed by atoms with Crippen molar-refractivity contribution in [2.45, 2.75) is 37.7 Å². The van der Waals surface area contributed by atoms with Crippen molar-refractivity contribution < 1.29 is 22.7 Å². The predicted molar refractivity (Wildman–Crippen MR) is 130 cm³/mol. The number of hydrogen-bond donors (Lipinski definition) is 0. The van der Waals surface area contributed by atoms with Gasteiger partial charge in [0.25, 0.3) is 0 Å². The van der Waals surface area contributed by atoms with Gasteiger partial charge in [-0.1, -0.05) is 24.6 Å². The first-order chi connectivity index (χ1) is 16.4. The fourth-order valence-corrected chi connectivity index (χ4v) is 6.10. The summed E-state index contributed by atoms with van der Waals surface area (Å²) in [6, 6.07) is 15.0. The number of thiazole rings is 1. The fraction of sp³-hybridized carbons (Fsp3) is 0.292. The standard InChI is InChI=1S/C24H25N3O5S2/c1-18(28)27(21-8-4-2-5-9-21)24-25-20(17-33-24)16-32-23(29)19-10-12-22(13-11-19)34(30,31)26-14-6-3-7-15-26/h2,4-5,8-13,17H,3,6-7,14-16H2,1H3. The first-order valence-corrected chi connectivity index (χ1v) is 13.3. The first kappa shape index (κ1) is 24.1. The second kappa shape index (κ2) is 10.5. The van der Waals surface area contributed by atoms with Crippen molar-refractivity contribution in [3.05, 3.63) is 71.2 Å². The third kappa shape index (κ3) is 5.35. The zero-order valence-corrected chi connectivity index (χ0v) is 20.3. The highest BCUT2D eigenvalue weighted by Gasteiger charge is 2.26. The molecule has 0 radical (unpaired) electrons. The van der Waals surface area contributed by atoms with Crippen LogP contribution in [0.1, 0.15) is 42.2 Å². The van der Waals surface area contributed by atoms with E-state index >= 15 is 0 Å². The largest absolute Gasteiger partial charge is 0.456 e. The van der Waals surface area contributed by atoms with Gasteiger partial charge in [0.2, 0.25) is 15.9 Å². The van der Waals surface area contributed by atoms with Crippen molar-refractivity contribution in [2.75, 3.05) is 18.0 Å². The molecule has 8 nitrogen and oxygen atoms in total. The molecule has 1 saturated heterocycles. The maximum atomic E-state index is 12.8. The highest BCUT2D eigenvalue weighted by atomic mass is 32.2. The Balaban J connectivity index is 1.39. The highest BCUT2D eigenvalue weighted by molar-refractivity contribution is 7.89. The third-order valence-corrected chi connectivity index (χ3v) is 8.24. The minimum Gasteiger partial charge on any atom is -0.456 e. The summed E-state index contributed by atoms with van der Waals surface area (Å²) in [5.41, 5.74) is 1.47. The van der Waals surface area contributed by atoms with Crippen LogP contribution in [0, 0.1) is 0 Å². The Morgan fingerprint density at radius 1 is 1.03 bits per heavy atom. The Morgan fingerprint density at radius 2 is 1.71 bits per heavy atom. The lowest BCUT2D eigenvalue weighted by Gasteiger charge is -2.25. The van der Waals surface area contributed by atoms with Crippen LogP contribution < -0.4 is 4.90 Å². The van der Waals surface area contributed by atoms with Crippen LogP contribution in [-0.2, 0) is 26.2 Å². The number of nitrogens with zero attached hydrogens (tertiary/aromatic N) is 3. The molecule has 0 saturated carbocycles. The predicted octanol–water partition coefficient (Wildman–Crippen LogP) is 4.36. The van der Waals surface area contributed by atoms with E-state index < -0.39 is 16.0 Å². The van der Waals surface area contributed by atoms with Gasteiger partial charge in [-0.25, -0.2) is 18.2 Å². The van der Waals surface area contributed by atoms with Crippen LogP contribution in [0.2, 0.25) is 0 Å². The average molecular weight is 500 g/mol. The Bertz CT molecular complexity index is 1250. The zero-order valence-electron chi connectivity index (χ0n) is 18.7. The van der Waals surface area contributed by atoms with Gasteiger partial charge in [0.15, 0.2) is 5.13 Å². The minimum absolute atomic E-state index is 0.0658. The van der Waals surface area contributed by atoms with Crippen molar-refractivity contribution >= 4 is 44.1 Å². The molecule has 0 N–H and O–H groups in total. The van der Waals surface area contributed by atoms with E-state index in [9.17, 15) is 18.0 Å². The molecule has 4 rings (SSSR count). The molecule has 1 amide bonds. The van der Waals surface area contributed by atoms with Crippen molar-refractivity contribution in [1.29, 1.82) is 0 Å². The SMILES string of the molecule is CC(=O)N(c1ccccc1)c1nc(COC(=O)c2ccc(S(=O)(=O)N3CCCCC3)cc2)cs1. The lowest BCUT2D eigenvalue weighted by atomic mass is 10.2. The molecule has 34 heavy (non-hydrogen) atoms. The van der Waals surface area contributed by atoms with Gasteiger partial charge in [-0.05, 0) is 49.2 Å². The maximum absolute atomic E-state index is 12.8. The van der Waals surface area contributed by atoms with Crippen LogP contribution in [-0.4, -0.2) is 42.7 Å². The number of benzene rings is 2. The van der Waals surface area contributed by atoms with E-state index in [1.165, 1.54) is 51.7 Å². The summed E-state index contributed by atoms with van der Waals surface area (Å²) in [6.07, 6.45) is 2.76. The van der Waals surface area contributed by atoms with Gasteiger partial charge in [0.1, 0.15) is 6.61 Å². The van der Waals surface area contributed by atoms with Crippen LogP contribution in [0.5, 0.6) is 0 Å². The van der Waals surface area contributed by atoms with Crippen LogP contribution in [0.3, 0.4) is 0 Å². The number of esters is 1. The van der Waals surface area contributed by atoms with Gasteiger partial charge in [0, 0.05) is 25.4 Å². The van der Waals surface area contributed by atoms with Crippen molar-refractivity contribution in [2.24, 2.45) is 0 Å². The lowest BCUT2D eigenvalue weighted by Crippen LogP contribution is -2.35. The van der Waals surface area contributed by atoms with Crippen LogP contribution in [0.15, 0.2) is 64.9 Å². The van der Waals surface area contributed by atoms with Gasteiger partial charge >= 0.3 is 5.97 Å². The Morgan fingerprint density at radius 3 is 2.35 bits per heavy atom. The first-order valence-electron chi connectivity index (χ1n) is 10.9. The van der Waals surface area contributed by atoms with E-state index in [-0.39, 0.29) is 23.0 Å². The molecule has 1 aliphatic rings. The van der Waals surface area contributed by atoms with Crippen LogP contribution in [0.25, 0.3) is 0 Å². The van der Waals surface area contributed by atoms with E-state index in [1.807, 2.05) is 30.3 Å². The summed E-state index contributed by atoms with van der Waals surface area (Å²) in [5.74, 6) is -0.758. The number of carbonyl (C=O) groups is 2. The number of anilines is 2. The smallest absolute Gasteiger partial charge is 0.338 e. The summed E-state index contributed by atoms with van der Waals surface area (Å²) in [4.78, 5) is 30.7. The molecule has 0 unspecified atom stereocenters. The van der Waals surface area contributed by atoms with Crippen LogP contribution in [0.4, 0.5) is 10.8 Å². The van der Waals surface area contributed by atoms with E-state index in [0.29, 0.717) is 29.6 Å². The molecular weight excluding hydrogens is 474 g/mol. The fourth-order valence-electron chi connectivity index (χ4n) is 3.71. The quantitative estimate of drug-likeness (QED) is 0.448. The third-order valence-electron chi connectivity index (χ3n) is 5.45. The highest BCUT2D eigenvalue weighted by Crippen LogP contribution is 2.29. The van der Waals surface area contributed by atoms with Gasteiger partial charge in [-0.2, -0.15) is 4.31 Å². The molecule has 1 fully saturated rings. The lowest BCUT2D eigenvalue weighted by molar-refractivity contribution is -0.115. The minimum atomic E-state index is -3.55. The number of amides is 1. The van der Waals surface area contributed by atoms with Crippen LogP contribution >= 0.6 is 11.3 Å². The normalized spacial score (nSPS) is 14.5. The summed E-state index contributed by atoms with van der Waals surface area (Å²) in [6.45, 7) is 2.44. The van der Waals surface area contributed by atoms with Gasteiger partial charge in [-0.3, -0.25) is 9.69 Å². The summed E-state index contributed by atoms with van der Waals surface area (Å²) in [5, 5.41) is 2.22. The number of piperidine rings is 1. The topological polar surface area (TPSA) is 96.9 Å². The van der Waals surface area contributed by atoms with Gasteiger partial charge < -0.3 is 4.74 Å². The molecule has 10 heteroatoms. The number of sulfonamides is 1. The second-order valence-corrected chi connectivity index (χ2v) is 10.7.